The third-order valence-electron chi connectivity index (χ3n) is 6.19. The maximum Gasteiger partial charge on any atom is 0.135 e. The van der Waals surface area contributed by atoms with E-state index in [1.165, 1.54) is 12.8 Å². The molecule has 0 saturated heterocycles. The number of hydrogen-bond acceptors (Lipinski definition) is 2. The minimum atomic E-state index is -0.167. The fraction of sp³-hybridized carbons (Fsp3) is 0.952. The summed E-state index contributed by atoms with van der Waals surface area (Å²) >= 11 is 0. The van der Waals surface area contributed by atoms with E-state index >= 15 is 0 Å². The van der Waals surface area contributed by atoms with Gasteiger partial charge in [-0.3, -0.25) is 9.18 Å². The Morgan fingerprint density at radius 1 is 0.958 bits per heavy atom. The van der Waals surface area contributed by atoms with Gasteiger partial charge in [0.25, 0.3) is 0 Å². The van der Waals surface area contributed by atoms with Gasteiger partial charge in [-0.1, -0.05) is 13.3 Å². The van der Waals surface area contributed by atoms with Crippen LogP contribution in [0.5, 0.6) is 0 Å². The van der Waals surface area contributed by atoms with Gasteiger partial charge in [0.1, 0.15) is 5.78 Å². The van der Waals surface area contributed by atoms with Gasteiger partial charge in [0.05, 0.1) is 12.8 Å². The maximum atomic E-state index is 12.2. The number of ketones is 1. The molecular formula is C21H37FO2. The second-order valence-corrected chi connectivity index (χ2v) is 8.09. The Balaban J connectivity index is 1.56. The Morgan fingerprint density at radius 3 is 2.25 bits per heavy atom. The molecule has 2 rings (SSSR count). The molecule has 0 atom stereocenters. The molecule has 0 bridgehead atoms. The standard InChI is InChI=1S/C21H37FO2/c1-2-3-6-21(23)19-11-7-18(8-12-19)16-24-20-13-9-17(10-14-20)5-4-15-22/h17-20H,2-16H2,1H3. The largest absolute Gasteiger partial charge is 0.378 e. The van der Waals surface area contributed by atoms with Gasteiger partial charge in [-0.05, 0) is 82.5 Å². The van der Waals surface area contributed by atoms with Crippen LogP contribution in [0.15, 0.2) is 0 Å². The smallest absolute Gasteiger partial charge is 0.135 e. The van der Waals surface area contributed by atoms with Crippen molar-refractivity contribution in [3.05, 3.63) is 0 Å². The molecule has 0 amide bonds. The molecule has 0 spiro atoms. The molecule has 2 aliphatic rings. The van der Waals surface area contributed by atoms with E-state index in [1.54, 1.807) is 0 Å². The van der Waals surface area contributed by atoms with E-state index in [-0.39, 0.29) is 6.67 Å². The fourth-order valence-corrected chi connectivity index (χ4v) is 4.43. The van der Waals surface area contributed by atoms with Crippen LogP contribution in [0, 0.1) is 17.8 Å². The molecule has 2 aliphatic carbocycles. The lowest BCUT2D eigenvalue weighted by Gasteiger charge is -2.32. The summed E-state index contributed by atoms with van der Waals surface area (Å²) < 4.78 is 18.4. The SMILES string of the molecule is CCCCC(=O)C1CCC(COC2CCC(CCCF)CC2)CC1. The lowest BCUT2D eigenvalue weighted by molar-refractivity contribution is -0.124. The van der Waals surface area contributed by atoms with Crippen LogP contribution in [-0.4, -0.2) is 25.2 Å². The van der Waals surface area contributed by atoms with Crippen LogP contribution in [0.25, 0.3) is 0 Å². The molecule has 2 nitrogen and oxygen atoms in total. The van der Waals surface area contributed by atoms with Crippen molar-refractivity contribution in [1.82, 2.24) is 0 Å². The first kappa shape index (κ1) is 19.9. The quantitative estimate of drug-likeness (QED) is 0.496. The van der Waals surface area contributed by atoms with E-state index in [0.29, 0.717) is 23.7 Å². The average molecular weight is 341 g/mol. The summed E-state index contributed by atoms with van der Waals surface area (Å²) in [5.74, 6) is 2.22. The van der Waals surface area contributed by atoms with E-state index in [4.69, 9.17) is 4.74 Å². The minimum absolute atomic E-state index is 0.167. The maximum absolute atomic E-state index is 12.2. The van der Waals surface area contributed by atoms with E-state index in [0.717, 1.165) is 83.2 Å². The van der Waals surface area contributed by atoms with E-state index < -0.39 is 0 Å². The summed E-state index contributed by atoms with van der Waals surface area (Å²) in [7, 11) is 0. The first-order valence-corrected chi connectivity index (χ1v) is 10.4. The van der Waals surface area contributed by atoms with Crippen LogP contribution in [0.1, 0.15) is 90.4 Å². The van der Waals surface area contributed by atoms with E-state index in [1.807, 2.05) is 0 Å². The molecular weight excluding hydrogens is 303 g/mol. The Hall–Kier alpha value is -0.440. The second-order valence-electron chi connectivity index (χ2n) is 8.09. The van der Waals surface area contributed by atoms with Crippen molar-refractivity contribution in [1.29, 1.82) is 0 Å². The monoisotopic (exact) mass is 340 g/mol. The number of carbonyl (C=O) groups excluding carboxylic acids is 1. The Bertz CT molecular complexity index is 342. The third kappa shape index (κ3) is 6.82. The predicted molar refractivity (Wildman–Crippen MR) is 96.9 cm³/mol. The zero-order chi connectivity index (χ0) is 17.2. The normalized spacial score (nSPS) is 31.1. The molecule has 140 valence electrons. The van der Waals surface area contributed by atoms with Crippen LogP contribution >= 0.6 is 0 Å². The first-order chi connectivity index (χ1) is 11.7. The summed E-state index contributed by atoms with van der Waals surface area (Å²) in [5, 5.41) is 0. The molecule has 0 aromatic rings. The van der Waals surface area contributed by atoms with Crippen molar-refractivity contribution in [2.24, 2.45) is 17.8 Å². The van der Waals surface area contributed by atoms with Crippen molar-refractivity contribution in [2.45, 2.75) is 96.5 Å². The van der Waals surface area contributed by atoms with Gasteiger partial charge in [-0.25, -0.2) is 0 Å². The summed E-state index contributed by atoms with van der Waals surface area (Å²) in [6.45, 7) is 2.87. The number of unbranched alkanes of at least 4 members (excludes halogenated alkanes) is 1. The Morgan fingerprint density at radius 2 is 1.62 bits per heavy atom. The third-order valence-corrected chi connectivity index (χ3v) is 6.19. The van der Waals surface area contributed by atoms with Crippen LogP contribution in [0.2, 0.25) is 0 Å². The molecule has 2 fully saturated rings. The highest BCUT2D eigenvalue weighted by atomic mass is 19.1. The number of rotatable bonds is 10. The van der Waals surface area contributed by atoms with Crippen molar-refractivity contribution >= 4 is 5.78 Å². The lowest BCUT2D eigenvalue weighted by Crippen LogP contribution is -2.27. The second kappa shape index (κ2) is 11.2. The molecule has 0 radical (unpaired) electrons. The number of alkyl halides is 1. The van der Waals surface area contributed by atoms with Crippen molar-refractivity contribution in [3.8, 4) is 0 Å². The molecule has 0 unspecified atom stereocenters. The van der Waals surface area contributed by atoms with Crippen LogP contribution in [-0.2, 0) is 9.53 Å². The Kier molecular flexibility index (Phi) is 9.30. The number of carbonyl (C=O) groups is 1. The van der Waals surface area contributed by atoms with Gasteiger partial charge in [0, 0.05) is 18.9 Å². The van der Waals surface area contributed by atoms with Crippen LogP contribution in [0.4, 0.5) is 4.39 Å². The summed E-state index contributed by atoms with van der Waals surface area (Å²) in [6.07, 6.45) is 14.4. The van der Waals surface area contributed by atoms with Crippen molar-refractivity contribution < 1.29 is 13.9 Å². The van der Waals surface area contributed by atoms with Gasteiger partial charge in [-0.2, -0.15) is 0 Å². The molecule has 0 N–H and O–H groups in total. The summed E-state index contributed by atoms with van der Waals surface area (Å²) in [5.41, 5.74) is 0. The van der Waals surface area contributed by atoms with Gasteiger partial charge >= 0.3 is 0 Å². The molecule has 3 heteroatoms. The number of ether oxygens (including phenoxy) is 1. The number of halogens is 1. The van der Waals surface area contributed by atoms with Crippen molar-refractivity contribution in [2.75, 3.05) is 13.3 Å². The van der Waals surface area contributed by atoms with Gasteiger partial charge in [0.15, 0.2) is 0 Å². The number of hydrogen-bond donors (Lipinski definition) is 0. The molecule has 24 heavy (non-hydrogen) atoms. The zero-order valence-corrected chi connectivity index (χ0v) is 15.6. The minimum Gasteiger partial charge on any atom is -0.378 e. The van der Waals surface area contributed by atoms with Gasteiger partial charge in [-0.15, -0.1) is 0 Å². The van der Waals surface area contributed by atoms with Crippen LogP contribution in [0.3, 0.4) is 0 Å². The Labute approximate surface area is 147 Å². The molecule has 0 aromatic carbocycles. The number of Topliss-reactive ketones (excluding diaryl/α,β-unsaturated/α-hetero) is 1. The fourth-order valence-electron chi connectivity index (χ4n) is 4.43. The van der Waals surface area contributed by atoms with Crippen molar-refractivity contribution in [3.63, 3.8) is 0 Å². The van der Waals surface area contributed by atoms with Crippen LogP contribution < -0.4 is 0 Å². The van der Waals surface area contributed by atoms with Gasteiger partial charge < -0.3 is 4.74 Å². The molecule has 0 heterocycles. The van der Waals surface area contributed by atoms with E-state index in [2.05, 4.69) is 6.92 Å². The summed E-state index contributed by atoms with van der Waals surface area (Å²) in [6, 6.07) is 0. The van der Waals surface area contributed by atoms with E-state index in [9.17, 15) is 9.18 Å². The highest BCUT2D eigenvalue weighted by Gasteiger charge is 2.27. The topological polar surface area (TPSA) is 26.3 Å². The van der Waals surface area contributed by atoms with Gasteiger partial charge in [0.2, 0.25) is 0 Å². The first-order valence-electron chi connectivity index (χ1n) is 10.4. The highest BCUT2D eigenvalue weighted by molar-refractivity contribution is 5.80. The summed E-state index contributed by atoms with van der Waals surface area (Å²) in [4.78, 5) is 12.1. The lowest BCUT2D eigenvalue weighted by atomic mass is 9.79. The molecule has 0 aromatic heterocycles. The molecule has 0 aliphatic heterocycles. The zero-order valence-electron chi connectivity index (χ0n) is 15.6. The predicted octanol–water partition coefficient (Wildman–Crippen LogP) is 5.88. The average Bonchev–Trinajstić information content (AvgIpc) is 2.64. The highest BCUT2D eigenvalue weighted by Crippen LogP contribution is 2.33. The molecule has 2 saturated carbocycles.